The van der Waals surface area contributed by atoms with Gasteiger partial charge in [-0.25, -0.2) is 4.79 Å². The van der Waals surface area contributed by atoms with Gasteiger partial charge in [-0.2, -0.15) is 0 Å². The molecular formula is C15H23N3O3. The molecule has 1 aromatic rings. The first-order chi connectivity index (χ1) is 10.1. The van der Waals surface area contributed by atoms with Gasteiger partial charge < -0.3 is 20.4 Å². The molecule has 1 aliphatic carbocycles. The van der Waals surface area contributed by atoms with Crippen LogP contribution in [0.1, 0.15) is 36.7 Å². The predicted molar refractivity (Wildman–Crippen MR) is 79.9 cm³/mol. The van der Waals surface area contributed by atoms with Crippen LogP contribution in [-0.4, -0.2) is 29.6 Å². The van der Waals surface area contributed by atoms with Crippen LogP contribution in [0.15, 0.2) is 12.3 Å². The van der Waals surface area contributed by atoms with E-state index in [0.29, 0.717) is 24.5 Å². The molecule has 1 amide bonds. The molecule has 2 rings (SSSR count). The Morgan fingerprint density at radius 2 is 2.24 bits per heavy atom. The van der Waals surface area contributed by atoms with Crippen LogP contribution in [0.5, 0.6) is 0 Å². The van der Waals surface area contributed by atoms with Crippen LogP contribution in [0.4, 0.5) is 5.69 Å². The van der Waals surface area contributed by atoms with Crippen molar-refractivity contribution in [3.8, 4) is 0 Å². The molecule has 0 spiro atoms. The van der Waals surface area contributed by atoms with Crippen molar-refractivity contribution in [2.45, 2.75) is 26.2 Å². The summed E-state index contributed by atoms with van der Waals surface area (Å²) >= 11 is 0. The molecule has 1 fully saturated rings. The van der Waals surface area contributed by atoms with Crippen LogP contribution >= 0.6 is 0 Å². The highest BCUT2D eigenvalue weighted by atomic mass is 16.5. The first kappa shape index (κ1) is 15.6. The number of esters is 1. The molecule has 6 nitrogen and oxygen atoms in total. The van der Waals surface area contributed by atoms with E-state index in [1.807, 2.05) is 0 Å². The molecule has 116 valence electrons. The molecule has 0 radical (unpaired) electrons. The molecule has 0 aromatic carbocycles. The summed E-state index contributed by atoms with van der Waals surface area (Å²) in [5, 5.41) is 2.88. The van der Waals surface area contributed by atoms with Crippen LogP contribution < -0.4 is 11.1 Å². The van der Waals surface area contributed by atoms with Gasteiger partial charge in [-0.3, -0.25) is 4.79 Å². The highest BCUT2D eigenvalue weighted by molar-refractivity contribution is 5.95. The summed E-state index contributed by atoms with van der Waals surface area (Å²) in [6.45, 7) is 2.63. The summed E-state index contributed by atoms with van der Waals surface area (Å²) in [5.41, 5.74) is 6.76. The number of rotatable bonds is 5. The smallest absolute Gasteiger partial charge is 0.355 e. The minimum absolute atomic E-state index is 0.0102. The lowest BCUT2D eigenvalue weighted by atomic mass is 9.95. The number of carbonyl (C=O) groups is 2. The third-order valence-corrected chi connectivity index (χ3v) is 4.06. The van der Waals surface area contributed by atoms with E-state index in [4.69, 9.17) is 10.5 Å². The number of amides is 1. The van der Waals surface area contributed by atoms with Gasteiger partial charge >= 0.3 is 5.97 Å². The third kappa shape index (κ3) is 3.44. The lowest BCUT2D eigenvalue weighted by molar-refractivity contribution is -0.120. The Morgan fingerprint density at radius 1 is 1.48 bits per heavy atom. The summed E-state index contributed by atoms with van der Waals surface area (Å²) in [6, 6.07) is 1.64. The first-order valence-electron chi connectivity index (χ1n) is 7.41. The summed E-state index contributed by atoms with van der Waals surface area (Å²) in [7, 11) is 1.75. The normalized spacial score (nSPS) is 21.3. The van der Waals surface area contributed by atoms with Crippen molar-refractivity contribution >= 4 is 17.6 Å². The average Bonchev–Trinajstić information content (AvgIpc) is 3.05. The molecule has 1 heterocycles. The number of carbonyl (C=O) groups excluding carboxylic acids is 2. The molecule has 0 aliphatic heterocycles. The van der Waals surface area contributed by atoms with Gasteiger partial charge in [-0.1, -0.05) is 6.42 Å². The third-order valence-electron chi connectivity index (χ3n) is 4.06. The van der Waals surface area contributed by atoms with Crippen molar-refractivity contribution in [3.63, 3.8) is 0 Å². The summed E-state index contributed by atoms with van der Waals surface area (Å²) in [5.74, 6) is -0.162. The van der Waals surface area contributed by atoms with Crippen LogP contribution in [-0.2, 0) is 16.6 Å². The molecule has 3 N–H and O–H groups in total. The van der Waals surface area contributed by atoms with Gasteiger partial charge in [0.1, 0.15) is 5.69 Å². The zero-order valence-corrected chi connectivity index (χ0v) is 12.6. The van der Waals surface area contributed by atoms with Crippen molar-refractivity contribution in [2.24, 2.45) is 24.6 Å². The minimum Gasteiger partial charge on any atom is -0.461 e. The summed E-state index contributed by atoms with van der Waals surface area (Å²) in [4.78, 5) is 24.1. The van der Waals surface area contributed by atoms with Gasteiger partial charge in [-0.05, 0) is 38.3 Å². The molecule has 1 saturated carbocycles. The molecule has 1 aliphatic rings. The highest BCUT2D eigenvalue weighted by Crippen LogP contribution is 2.32. The monoisotopic (exact) mass is 293 g/mol. The quantitative estimate of drug-likeness (QED) is 0.806. The zero-order chi connectivity index (χ0) is 15.4. The molecule has 0 unspecified atom stereocenters. The summed E-state index contributed by atoms with van der Waals surface area (Å²) < 4.78 is 6.63. The first-order valence-corrected chi connectivity index (χ1v) is 7.41. The Hall–Kier alpha value is -1.82. The topological polar surface area (TPSA) is 86.3 Å². The maximum atomic E-state index is 12.3. The van der Waals surface area contributed by atoms with Crippen LogP contribution in [0.3, 0.4) is 0 Å². The average molecular weight is 293 g/mol. The molecule has 0 bridgehead atoms. The number of aromatic nitrogens is 1. The van der Waals surface area contributed by atoms with Gasteiger partial charge in [0.2, 0.25) is 5.91 Å². The Labute approximate surface area is 124 Å². The zero-order valence-electron chi connectivity index (χ0n) is 12.6. The van der Waals surface area contributed by atoms with Crippen molar-refractivity contribution in [1.82, 2.24) is 4.57 Å². The number of anilines is 1. The van der Waals surface area contributed by atoms with E-state index in [2.05, 4.69) is 5.32 Å². The van der Waals surface area contributed by atoms with Crippen LogP contribution in [0, 0.1) is 11.8 Å². The van der Waals surface area contributed by atoms with Gasteiger partial charge in [0.05, 0.1) is 12.3 Å². The Kier molecular flexibility index (Phi) is 5.01. The number of hydrogen-bond donors (Lipinski definition) is 2. The lowest BCUT2D eigenvalue weighted by Crippen LogP contribution is -2.29. The predicted octanol–water partition coefficient (Wildman–Crippen LogP) is 1.52. The highest BCUT2D eigenvalue weighted by Gasteiger charge is 2.32. The van der Waals surface area contributed by atoms with Crippen LogP contribution in [0.25, 0.3) is 0 Å². The van der Waals surface area contributed by atoms with E-state index < -0.39 is 0 Å². The number of aryl methyl sites for hydroxylation is 1. The maximum absolute atomic E-state index is 12.3. The Morgan fingerprint density at radius 3 is 2.90 bits per heavy atom. The van der Waals surface area contributed by atoms with Crippen LogP contribution in [0.2, 0.25) is 0 Å². The number of ether oxygens (including phenoxy) is 1. The molecular weight excluding hydrogens is 270 g/mol. The fourth-order valence-electron chi connectivity index (χ4n) is 2.94. The second kappa shape index (κ2) is 6.76. The van der Waals surface area contributed by atoms with Gasteiger partial charge in [-0.15, -0.1) is 0 Å². The van der Waals surface area contributed by atoms with E-state index in [1.54, 1.807) is 30.8 Å². The van der Waals surface area contributed by atoms with Crippen molar-refractivity contribution < 1.29 is 14.3 Å². The number of hydrogen-bond acceptors (Lipinski definition) is 4. The maximum Gasteiger partial charge on any atom is 0.355 e. The fourth-order valence-corrected chi connectivity index (χ4v) is 2.94. The molecule has 6 heteroatoms. The fraction of sp³-hybridized carbons (Fsp3) is 0.600. The molecule has 2 atom stereocenters. The molecule has 21 heavy (non-hydrogen) atoms. The Balaban J connectivity index is 2.04. The van der Waals surface area contributed by atoms with Crippen molar-refractivity contribution in [3.05, 3.63) is 18.0 Å². The van der Waals surface area contributed by atoms with Gasteiger partial charge in [0.25, 0.3) is 0 Å². The second-order valence-electron chi connectivity index (χ2n) is 5.47. The van der Waals surface area contributed by atoms with E-state index in [-0.39, 0.29) is 23.7 Å². The number of nitrogens with one attached hydrogen (secondary N) is 1. The minimum atomic E-state index is -0.388. The van der Waals surface area contributed by atoms with Gasteiger partial charge in [0, 0.05) is 19.2 Å². The number of nitrogens with zero attached hydrogens (tertiary/aromatic N) is 1. The molecule has 1 aromatic heterocycles. The number of nitrogens with two attached hydrogens (primary N) is 1. The van der Waals surface area contributed by atoms with E-state index >= 15 is 0 Å². The van der Waals surface area contributed by atoms with E-state index in [1.165, 1.54) is 0 Å². The van der Waals surface area contributed by atoms with Crippen molar-refractivity contribution in [1.29, 1.82) is 0 Å². The molecule has 0 saturated heterocycles. The SMILES string of the molecule is CCOC(=O)c1cc(NC(=O)[C@@H]2CCC[C@@H]2CN)cn1C. The lowest BCUT2D eigenvalue weighted by Gasteiger charge is -2.16. The summed E-state index contributed by atoms with van der Waals surface area (Å²) in [6.07, 6.45) is 4.65. The van der Waals surface area contributed by atoms with E-state index in [0.717, 1.165) is 19.3 Å². The standard InChI is InChI=1S/C15H23N3O3/c1-3-21-15(20)13-7-11(9-18(13)2)17-14(19)12-6-4-5-10(12)8-16/h7,9-10,12H,3-6,8,16H2,1-2H3,(H,17,19)/t10-,12-/m1/s1. The Bertz CT molecular complexity index is 524. The van der Waals surface area contributed by atoms with E-state index in [9.17, 15) is 9.59 Å². The second-order valence-corrected chi connectivity index (χ2v) is 5.47. The van der Waals surface area contributed by atoms with Gasteiger partial charge in [0.15, 0.2) is 0 Å². The largest absolute Gasteiger partial charge is 0.461 e. The van der Waals surface area contributed by atoms with Crippen molar-refractivity contribution in [2.75, 3.05) is 18.5 Å².